The quantitative estimate of drug-likeness (QED) is 0.848. The monoisotopic (exact) mass is 269 g/mol. The Hall–Kier alpha value is -2.62. The Bertz CT molecular complexity index is 558. The fraction of sp³-hybridized carbons (Fsp3) is 0.125. The molecule has 0 heterocycles. The maximum absolute atomic E-state index is 11.1. The molecule has 2 aromatic carbocycles. The first-order chi connectivity index (χ1) is 9.56. The number of benzene rings is 2. The molecule has 0 saturated heterocycles. The highest BCUT2D eigenvalue weighted by Crippen LogP contribution is 2.15. The van der Waals surface area contributed by atoms with Crippen LogP contribution in [0, 0.1) is 0 Å². The van der Waals surface area contributed by atoms with Gasteiger partial charge in [-0.15, -0.1) is 0 Å². The Morgan fingerprint density at radius 2 is 1.50 bits per heavy atom. The summed E-state index contributed by atoms with van der Waals surface area (Å²) in [4.78, 5) is 22.1. The molecular weight excluding hydrogens is 254 g/mol. The first-order valence-corrected chi connectivity index (χ1v) is 6.19. The molecule has 0 radical (unpaired) electrons. The highest BCUT2D eigenvalue weighted by Gasteiger charge is 2.02. The normalized spacial score (nSPS) is 10.1. The molecule has 2 rings (SSSR count). The van der Waals surface area contributed by atoms with Gasteiger partial charge in [0.1, 0.15) is 12.4 Å². The lowest BCUT2D eigenvalue weighted by Gasteiger charge is -2.07. The van der Waals surface area contributed by atoms with E-state index >= 15 is 0 Å². The molecule has 0 bridgehead atoms. The summed E-state index contributed by atoms with van der Waals surface area (Å²) in [5.41, 5.74) is 7.23. The molecule has 0 aliphatic carbocycles. The van der Waals surface area contributed by atoms with Crippen LogP contribution >= 0.6 is 0 Å². The van der Waals surface area contributed by atoms with Crippen molar-refractivity contribution in [2.75, 3.05) is 0 Å². The predicted molar refractivity (Wildman–Crippen MR) is 75.7 cm³/mol. The number of ketones is 1. The minimum Gasteiger partial charge on any atom is -0.489 e. The van der Waals surface area contributed by atoms with E-state index in [1.165, 1.54) is 6.92 Å². The van der Waals surface area contributed by atoms with Crippen LogP contribution in [-0.2, 0) is 6.61 Å². The van der Waals surface area contributed by atoms with Gasteiger partial charge in [-0.2, -0.15) is 0 Å². The zero-order valence-electron chi connectivity index (χ0n) is 11.1. The zero-order valence-corrected chi connectivity index (χ0v) is 11.1. The molecule has 0 aliphatic heterocycles. The molecule has 0 atom stereocenters. The first-order valence-electron chi connectivity index (χ1n) is 6.19. The van der Waals surface area contributed by atoms with E-state index in [1.807, 2.05) is 0 Å². The average Bonchev–Trinajstić information content (AvgIpc) is 2.46. The van der Waals surface area contributed by atoms with Gasteiger partial charge in [0.25, 0.3) is 0 Å². The summed E-state index contributed by atoms with van der Waals surface area (Å²) in [6.07, 6.45) is 0. The van der Waals surface area contributed by atoms with Gasteiger partial charge in [-0.1, -0.05) is 12.1 Å². The fourth-order valence-electron chi connectivity index (χ4n) is 1.72. The molecule has 0 unspecified atom stereocenters. The van der Waals surface area contributed by atoms with E-state index in [9.17, 15) is 9.59 Å². The number of amides is 1. The lowest BCUT2D eigenvalue weighted by molar-refractivity contribution is 0.0996. The standard InChI is InChI=1S/C16H15NO3/c1-11(18)13-6-8-15(9-7-13)20-10-12-2-4-14(5-3-12)16(17)19/h2-9H,10H2,1H3,(H2,17,19). The third-order valence-corrected chi connectivity index (χ3v) is 2.90. The number of nitrogens with two attached hydrogens (primary N) is 1. The predicted octanol–water partition coefficient (Wildman–Crippen LogP) is 2.57. The third kappa shape index (κ3) is 3.45. The summed E-state index contributed by atoms with van der Waals surface area (Å²) in [6.45, 7) is 1.91. The average molecular weight is 269 g/mol. The van der Waals surface area contributed by atoms with E-state index in [4.69, 9.17) is 10.5 Å². The molecule has 0 saturated carbocycles. The Balaban J connectivity index is 1.97. The molecule has 2 N–H and O–H groups in total. The number of rotatable bonds is 5. The topological polar surface area (TPSA) is 69.4 Å². The van der Waals surface area contributed by atoms with Gasteiger partial charge in [0.05, 0.1) is 0 Å². The minimum atomic E-state index is -0.447. The van der Waals surface area contributed by atoms with Crippen molar-refractivity contribution in [1.82, 2.24) is 0 Å². The summed E-state index contributed by atoms with van der Waals surface area (Å²) < 4.78 is 5.60. The van der Waals surface area contributed by atoms with Crippen LogP contribution in [0.15, 0.2) is 48.5 Å². The van der Waals surface area contributed by atoms with Crippen LogP contribution in [0.2, 0.25) is 0 Å². The van der Waals surface area contributed by atoms with Crippen molar-refractivity contribution in [2.45, 2.75) is 13.5 Å². The highest BCUT2D eigenvalue weighted by molar-refractivity contribution is 5.94. The summed E-state index contributed by atoms with van der Waals surface area (Å²) in [6, 6.07) is 13.9. The van der Waals surface area contributed by atoms with E-state index < -0.39 is 5.91 Å². The van der Waals surface area contributed by atoms with Gasteiger partial charge >= 0.3 is 0 Å². The molecule has 20 heavy (non-hydrogen) atoms. The van der Waals surface area contributed by atoms with Gasteiger partial charge in [0.15, 0.2) is 5.78 Å². The van der Waals surface area contributed by atoms with Crippen molar-refractivity contribution in [3.05, 3.63) is 65.2 Å². The number of ether oxygens (including phenoxy) is 1. The van der Waals surface area contributed by atoms with Crippen molar-refractivity contribution in [2.24, 2.45) is 5.73 Å². The molecule has 4 heteroatoms. The second-order valence-corrected chi connectivity index (χ2v) is 4.43. The van der Waals surface area contributed by atoms with Crippen molar-refractivity contribution in [1.29, 1.82) is 0 Å². The van der Waals surface area contributed by atoms with Crippen LogP contribution < -0.4 is 10.5 Å². The van der Waals surface area contributed by atoms with Crippen LogP contribution in [0.5, 0.6) is 5.75 Å². The van der Waals surface area contributed by atoms with Gasteiger partial charge in [-0.3, -0.25) is 9.59 Å². The summed E-state index contributed by atoms with van der Waals surface area (Å²) in [5.74, 6) is 0.268. The van der Waals surface area contributed by atoms with E-state index in [-0.39, 0.29) is 5.78 Å². The second-order valence-electron chi connectivity index (χ2n) is 4.43. The summed E-state index contributed by atoms with van der Waals surface area (Å²) >= 11 is 0. The van der Waals surface area contributed by atoms with Gasteiger partial charge in [-0.25, -0.2) is 0 Å². The number of carbonyl (C=O) groups is 2. The van der Waals surface area contributed by atoms with Crippen molar-refractivity contribution in [3.8, 4) is 5.75 Å². The fourth-order valence-corrected chi connectivity index (χ4v) is 1.72. The van der Waals surface area contributed by atoms with Crippen LogP contribution in [0.4, 0.5) is 0 Å². The molecule has 4 nitrogen and oxygen atoms in total. The SMILES string of the molecule is CC(=O)c1ccc(OCc2ccc(C(N)=O)cc2)cc1. The van der Waals surface area contributed by atoms with Gasteiger partial charge < -0.3 is 10.5 Å². The Morgan fingerprint density at radius 3 is 2.00 bits per heavy atom. The third-order valence-electron chi connectivity index (χ3n) is 2.90. The minimum absolute atomic E-state index is 0.0265. The summed E-state index contributed by atoms with van der Waals surface area (Å²) in [5, 5.41) is 0. The lowest BCUT2D eigenvalue weighted by atomic mass is 10.1. The molecule has 2 aromatic rings. The van der Waals surface area contributed by atoms with Crippen LogP contribution in [0.25, 0.3) is 0 Å². The maximum atomic E-state index is 11.1. The van der Waals surface area contributed by atoms with Crippen LogP contribution in [0.1, 0.15) is 33.2 Å². The zero-order chi connectivity index (χ0) is 14.5. The van der Waals surface area contributed by atoms with Crippen molar-refractivity contribution < 1.29 is 14.3 Å². The van der Waals surface area contributed by atoms with Gasteiger partial charge in [0, 0.05) is 11.1 Å². The molecule has 0 aliphatic rings. The van der Waals surface area contributed by atoms with Gasteiger partial charge in [0.2, 0.25) is 5.91 Å². The molecule has 0 spiro atoms. The van der Waals surface area contributed by atoms with Crippen molar-refractivity contribution in [3.63, 3.8) is 0 Å². The van der Waals surface area contributed by atoms with Crippen LogP contribution in [0.3, 0.4) is 0 Å². The highest BCUT2D eigenvalue weighted by atomic mass is 16.5. The molecule has 0 aromatic heterocycles. The molecule has 102 valence electrons. The van der Waals surface area contributed by atoms with E-state index in [1.54, 1.807) is 48.5 Å². The number of Topliss-reactive ketones (excluding diaryl/α,β-unsaturated/α-hetero) is 1. The molecular formula is C16H15NO3. The van der Waals surface area contributed by atoms with Gasteiger partial charge in [-0.05, 0) is 48.9 Å². The maximum Gasteiger partial charge on any atom is 0.248 e. The Morgan fingerprint density at radius 1 is 0.950 bits per heavy atom. The lowest BCUT2D eigenvalue weighted by Crippen LogP contribution is -2.10. The first kappa shape index (κ1) is 13.8. The Kier molecular flexibility index (Phi) is 4.15. The summed E-state index contributed by atoms with van der Waals surface area (Å²) in [7, 11) is 0. The molecule has 1 amide bonds. The number of carbonyl (C=O) groups excluding carboxylic acids is 2. The molecule has 0 fully saturated rings. The van der Waals surface area contributed by atoms with E-state index in [2.05, 4.69) is 0 Å². The van der Waals surface area contributed by atoms with E-state index in [0.29, 0.717) is 23.5 Å². The number of primary amides is 1. The van der Waals surface area contributed by atoms with E-state index in [0.717, 1.165) is 5.56 Å². The smallest absolute Gasteiger partial charge is 0.248 e. The van der Waals surface area contributed by atoms with Crippen molar-refractivity contribution >= 4 is 11.7 Å². The Labute approximate surface area is 117 Å². The largest absolute Gasteiger partial charge is 0.489 e. The second kappa shape index (κ2) is 6.02. The number of hydrogen-bond donors (Lipinski definition) is 1. The number of hydrogen-bond acceptors (Lipinski definition) is 3. The van der Waals surface area contributed by atoms with Crippen LogP contribution in [-0.4, -0.2) is 11.7 Å².